The molecule has 1 rings (SSSR count). The minimum Gasteiger partial charge on any atom is -0.384 e. The molecular formula is C8H6FNO. The van der Waals surface area contributed by atoms with Gasteiger partial charge in [0, 0.05) is 6.20 Å². The molecule has 2 nitrogen and oxygen atoms in total. The van der Waals surface area contributed by atoms with E-state index in [4.69, 9.17) is 5.11 Å². The van der Waals surface area contributed by atoms with Gasteiger partial charge in [-0.3, -0.25) is 0 Å². The summed E-state index contributed by atoms with van der Waals surface area (Å²) < 4.78 is 12.7. The lowest BCUT2D eigenvalue weighted by molar-refractivity contribution is 0.350. The lowest BCUT2D eigenvalue weighted by Gasteiger charge is -1.89. The second-order valence-electron chi connectivity index (χ2n) is 1.79. The van der Waals surface area contributed by atoms with Gasteiger partial charge in [-0.1, -0.05) is 5.92 Å². The highest BCUT2D eigenvalue weighted by Gasteiger charge is 1.95. The Hall–Kier alpha value is -1.40. The highest BCUT2D eigenvalue weighted by Crippen LogP contribution is 1.99. The summed E-state index contributed by atoms with van der Waals surface area (Å²) in [6.45, 7) is -0.282. The highest BCUT2D eigenvalue weighted by atomic mass is 19.1. The fourth-order valence-corrected chi connectivity index (χ4v) is 0.601. The van der Waals surface area contributed by atoms with E-state index in [0.717, 1.165) is 0 Å². The van der Waals surface area contributed by atoms with Crippen LogP contribution in [0.15, 0.2) is 18.3 Å². The molecule has 0 spiro atoms. The molecule has 0 saturated carbocycles. The van der Waals surface area contributed by atoms with E-state index in [9.17, 15) is 4.39 Å². The van der Waals surface area contributed by atoms with Crippen molar-refractivity contribution >= 4 is 0 Å². The Morgan fingerprint density at radius 2 is 2.45 bits per heavy atom. The van der Waals surface area contributed by atoms with Crippen LogP contribution in [0.4, 0.5) is 4.39 Å². The molecule has 3 heteroatoms. The zero-order valence-corrected chi connectivity index (χ0v) is 5.71. The van der Waals surface area contributed by atoms with Gasteiger partial charge in [-0.05, 0) is 18.1 Å². The van der Waals surface area contributed by atoms with E-state index < -0.39 is 5.82 Å². The third-order valence-corrected chi connectivity index (χ3v) is 1.04. The van der Waals surface area contributed by atoms with E-state index >= 15 is 0 Å². The van der Waals surface area contributed by atoms with Crippen LogP contribution in [0.1, 0.15) is 5.69 Å². The predicted octanol–water partition coefficient (Wildman–Crippen LogP) is 0.565. The van der Waals surface area contributed by atoms with Crippen molar-refractivity contribution in [3.05, 3.63) is 29.8 Å². The zero-order chi connectivity index (χ0) is 8.10. The van der Waals surface area contributed by atoms with E-state index in [1.165, 1.54) is 18.3 Å². The Labute approximate surface area is 63.7 Å². The summed E-state index contributed by atoms with van der Waals surface area (Å²) in [6.07, 6.45) is 1.45. The fraction of sp³-hybridized carbons (Fsp3) is 0.125. The number of aliphatic hydroxyl groups excluding tert-OH is 1. The van der Waals surface area contributed by atoms with E-state index in [1.54, 1.807) is 0 Å². The first-order valence-electron chi connectivity index (χ1n) is 3.05. The Morgan fingerprint density at radius 1 is 1.64 bits per heavy atom. The third-order valence-electron chi connectivity index (χ3n) is 1.04. The molecule has 0 saturated heterocycles. The monoisotopic (exact) mass is 151 g/mol. The average Bonchev–Trinajstić information content (AvgIpc) is 2.03. The van der Waals surface area contributed by atoms with Crippen LogP contribution in [-0.2, 0) is 0 Å². The van der Waals surface area contributed by atoms with Crippen LogP contribution in [0.25, 0.3) is 0 Å². The van der Waals surface area contributed by atoms with Gasteiger partial charge in [0.15, 0.2) is 5.82 Å². The van der Waals surface area contributed by atoms with E-state index in [0.29, 0.717) is 0 Å². The Kier molecular flexibility index (Phi) is 2.59. The molecule has 1 N–H and O–H groups in total. The van der Waals surface area contributed by atoms with Crippen LogP contribution in [0.3, 0.4) is 0 Å². The summed E-state index contributed by atoms with van der Waals surface area (Å²) in [7, 11) is 0. The predicted molar refractivity (Wildman–Crippen MR) is 38.2 cm³/mol. The number of nitrogens with zero attached hydrogens (tertiary/aromatic N) is 1. The standard InChI is InChI=1S/C8H6FNO/c9-7-3-1-5-10-8(7)4-2-6-11/h1,3,5,11H,6H2. The molecule has 0 aliphatic heterocycles. The number of aromatic nitrogens is 1. The lowest BCUT2D eigenvalue weighted by atomic mass is 10.3. The van der Waals surface area contributed by atoms with Crippen molar-refractivity contribution in [1.29, 1.82) is 0 Å². The summed E-state index contributed by atoms with van der Waals surface area (Å²) in [4.78, 5) is 3.66. The average molecular weight is 151 g/mol. The summed E-state index contributed by atoms with van der Waals surface area (Å²) >= 11 is 0. The Bertz CT molecular complexity index is 300. The van der Waals surface area contributed by atoms with Crippen molar-refractivity contribution in [2.45, 2.75) is 0 Å². The van der Waals surface area contributed by atoms with Gasteiger partial charge in [0.1, 0.15) is 12.3 Å². The maximum absolute atomic E-state index is 12.7. The number of halogens is 1. The Morgan fingerprint density at radius 3 is 3.09 bits per heavy atom. The molecule has 0 unspecified atom stereocenters. The molecule has 0 fully saturated rings. The smallest absolute Gasteiger partial charge is 0.157 e. The second kappa shape index (κ2) is 3.69. The van der Waals surface area contributed by atoms with E-state index in [1.807, 2.05) is 0 Å². The molecule has 0 aliphatic rings. The van der Waals surface area contributed by atoms with Gasteiger partial charge in [-0.25, -0.2) is 9.37 Å². The molecule has 0 aliphatic carbocycles. The van der Waals surface area contributed by atoms with Crippen LogP contribution < -0.4 is 0 Å². The summed E-state index contributed by atoms with van der Waals surface area (Å²) in [5.74, 6) is 4.22. The highest BCUT2D eigenvalue weighted by molar-refractivity contribution is 5.28. The molecule has 0 radical (unpaired) electrons. The van der Waals surface area contributed by atoms with Crippen LogP contribution in [0.5, 0.6) is 0 Å². The zero-order valence-electron chi connectivity index (χ0n) is 5.71. The first-order valence-corrected chi connectivity index (χ1v) is 3.05. The minimum absolute atomic E-state index is 0.0709. The number of hydrogen-bond acceptors (Lipinski definition) is 2. The van der Waals surface area contributed by atoms with Crippen molar-refractivity contribution in [2.75, 3.05) is 6.61 Å². The van der Waals surface area contributed by atoms with Crippen molar-refractivity contribution in [2.24, 2.45) is 0 Å². The molecular weight excluding hydrogens is 145 g/mol. The lowest BCUT2D eigenvalue weighted by Crippen LogP contribution is -1.87. The van der Waals surface area contributed by atoms with Crippen molar-refractivity contribution in [1.82, 2.24) is 4.98 Å². The van der Waals surface area contributed by atoms with Crippen LogP contribution in [-0.4, -0.2) is 16.7 Å². The largest absolute Gasteiger partial charge is 0.384 e. The van der Waals surface area contributed by atoms with Gasteiger partial charge < -0.3 is 5.11 Å². The van der Waals surface area contributed by atoms with Crippen LogP contribution >= 0.6 is 0 Å². The van der Waals surface area contributed by atoms with Crippen LogP contribution in [0, 0.1) is 17.7 Å². The van der Waals surface area contributed by atoms with Crippen molar-refractivity contribution in [3.8, 4) is 11.8 Å². The quantitative estimate of drug-likeness (QED) is 0.550. The molecule has 0 aromatic carbocycles. The summed E-state index contributed by atoms with van der Waals surface area (Å²) in [5, 5.41) is 8.29. The molecule has 1 aromatic heterocycles. The third kappa shape index (κ3) is 2.03. The molecule has 1 aromatic rings. The first-order chi connectivity index (χ1) is 5.34. The second-order valence-corrected chi connectivity index (χ2v) is 1.79. The van der Waals surface area contributed by atoms with Crippen molar-refractivity contribution < 1.29 is 9.50 Å². The molecule has 0 bridgehead atoms. The summed E-state index contributed by atoms with van der Waals surface area (Å²) in [5.41, 5.74) is 0.0709. The van der Waals surface area contributed by atoms with Gasteiger partial charge in [0.05, 0.1) is 0 Å². The molecule has 11 heavy (non-hydrogen) atoms. The number of pyridine rings is 1. The van der Waals surface area contributed by atoms with Gasteiger partial charge >= 0.3 is 0 Å². The number of aliphatic hydroxyl groups is 1. The van der Waals surface area contributed by atoms with E-state index in [2.05, 4.69) is 16.8 Å². The molecule has 56 valence electrons. The van der Waals surface area contributed by atoms with Gasteiger partial charge in [0.2, 0.25) is 0 Å². The molecule has 1 heterocycles. The van der Waals surface area contributed by atoms with Gasteiger partial charge in [-0.2, -0.15) is 0 Å². The maximum atomic E-state index is 12.7. The number of hydrogen-bond donors (Lipinski definition) is 1. The normalized spacial score (nSPS) is 8.55. The topological polar surface area (TPSA) is 33.1 Å². The first kappa shape index (κ1) is 7.70. The van der Waals surface area contributed by atoms with Crippen molar-refractivity contribution in [3.63, 3.8) is 0 Å². The fourth-order valence-electron chi connectivity index (χ4n) is 0.601. The summed E-state index contributed by atoms with van der Waals surface area (Å²) in [6, 6.07) is 2.76. The Balaban J connectivity index is 2.95. The molecule has 0 atom stereocenters. The number of rotatable bonds is 0. The minimum atomic E-state index is -0.464. The SMILES string of the molecule is OCC#Cc1ncccc1F. The maximum Gasteiger partial charge on any atom is 0.157 e. The van der Waals surface area contributed by atoms with Gasteiger partial charge in [0.25, 0.3) is 0 Å². The van der Waals surface area contributed by atoms with Gasteiger partial charge in [-0.15, -0.1) is 0 Å². The van der Waals surface area contributed by atoms with E-state index in [-0.39, 0.29) is 12.3 Å². The molecule has 0 amide bonds. The van der Waals surface area contributed by atoms with Crippen LogP contribution in [0.2, 0.25) is 0 Å².